The fraction of sp³-hybridized carbons (Fsp3) is 0.518. The minimum atomic E-state index is -2.59. The Hall–Kier alpha value is -6.03. The van der Waals surface area contributed by atoms with Crippen molar-refractivity contribution in [2.24, 2.45) is 5.41 Å². The summed E-state index contributed by atoms with van der Waals surface area (Å²) in [6.07, 6.45) is 7.67. The van der Waals surface area contributed by atoms with Gasteiger partial charge in [0.15, 0.2) is 5.82 Å². The quantitative estimate of drug-likeness (QED) is 0.0258. The van der Waals surface area contributed by atoms with Crippen LogP contribution in [0.2, 0.25) is 5.02 Å². The lowest BCUT2D eigenvalue weighted by Crippen LogP contribution is -2.59. The number of aryl methyl sites for hydroxylation is 1. The number of aromatic nitrogens is 2. The van der Waals surface area contributed by atoms with Gasteiger partial charge in [0.1, 0.15) is 30.0 Å². The highest BCUT2D eigenvalue weighted by Crippen LogP contribution is 2.39. The van der Waals surface area contributed by atoms with Crippen molar-refractivity contribution < 1.29 is 33.3 Å². The maximum atomic E-state index is 14.4. The van der Waals surface area contributed by atoms with Gasteiger partial charge in [-0.3, -0.25) is 24.0 Å². The van der Waals surface area contributed by atoms with E-state index in [0.717, 1.165) is 42.4 Å². The number of carbonyl (C=O) groups excluding carboxylic acids is 5. The third-order valence-corrected chi connectivity index (χ3v) is 15.6. The van der Waals surface area contributed by atoms with Crippen LogP contribution in [-0.4, -0.2) is 121 Å². The molecule has 4 aromatic rings. The van der Waals surface area contributed by atoms with Crippen LogP contribution in [0.5, 0.6) is 5.75 Å². The van der Waals surface area contributed by atoms with Crippen LogP contribution >= 0.6 is 18.7 Å². The number of nitrogens with zero attached hydrogens (tertiary/aromatic N) is 4. The van der Waals surface area contributed by atoms with Crippen molar-refractivity contribution in [1.29, 1.82) is 0 Å². The van der Waals surface area contributed by atoms with Crippen LogP contribution in [0.15, 0.2) is 72.9 Å². The number of hydrogen-bond donors (Lipinski definition) is 6. The number of carbonyl (C=O) groups is 5. The lowest BCUT2D eigenvalue weighted by atomic mass is 9.85. The lowest BCUT2D eigenvalue weighted by molar-refractivity contribution is -0.144. The van der Waals surface area contributed by atoms with E-state index in [-0.39, 0.29) is 54.5 Å². The molecule has 5 amide bonds. The number of rotatable bonds is 26. The maximum Gasteiger partial charge on any atom is 0.246 e. The number of methoxy groups -OCH3 is 1. The maximum absolute atomic E-state index is 14.4. The number of ether oxygens (including phenoxy) is 1. The van der Waals surface area contributed by atoms with Gasteiger partial charge in [0, 0.05) is 44.3 Å². The second-order valence-corrected chi connectivity index (χ2v) is 24.6. The summed E-state index contributed by atoms with van der Waals surface area (Å²) >= 11 is 6.49. The fourth-order valence-corrected chi connectivity index (χ4v) is 10.4. The van der Waals surface area contributed by atoms with Crippen molar-refractivity contribution in [3.05, 3.63) is 94.6 Å². The number of anilines is 4. The Morgan fingerprint density at radius 2 is 1.59 bits per heavy atom. The first kappa shape index (κ1) is 59.8. The molecular weight excluding hydrogens is 991 g/mol. The topological polar surface area (TPSA) is 216 Å². The Balaban J connectivity index is 1.07. The van der Waals surface area contributed by atoms with Crippen LogP contribution in [0.25, 0.3) is 0 Å². The largest absolute Gasteiger partial charge is 0.495 e. The van der Waals surface area contributed by atoms with E-state index in [1.165, 1.54) is 11.1 Å². The zero-order valence-corrected chi connectivity index (χ0v) is 47.4. The molecule has 0 aliphatic carbocycles. The number of halogens is 1. The molecule has 1 saturated heterocycles. The van der Waals surface area contributed by atoms with Crippen LogP contribution in [0.3, 0.4) is 0 Å². The molecule has 1 aliphatic heterocycles. The van der Waals surface area contributed by atoms with E-state index in [1.54, 1.807) is 39.3 Å². The van der Waals surface area contributed by atoms with Gasteiger partial charge in [-0.1, -0.05) is 101 Å². The van der Waals surface area contributed by atoms with Gasteiger partial charge in [-0.25, -0.2) is 4.98 Å². The molecule has 0 radical (unpaired) electrons. The Kier molecular flexibility index (Phi) is 22.1. The SMILES string of the molecule is CC[C@@H](NC(=O)[C@@H]1C[C@H](NC(=O)CCCCCCCC(=O)N(C)CCc2cc(OC)c(Nc3ncc(Cl)c(Nc4ccccc4P(C)(C)=O)n3)cc2C)CN1C(=O)[C@@H](NC(=O)[C@H](C)NC)C(C)(C)C)c1ccccc1. The van der Waals surface area contributed by atoms with Crippen LogP contribution in [0.4, 0.5) is 23.1 Å². The summed E-state index contributed by atoms with van der Waals surface area (Å²) in [4.78, 5) is 80.3. The van der Waals surface area contributed by atoms with Gasteiger partial charge in [-0.15, -0.1) is 0 Å². The molecule has 5 rings (SSSR count). The Bertz CT molecular complexity index is 2640. The van der Waals surface area contributed by atoms with E-state index in [1.807, 2.05) is 108 Å². The first-order valence-electron chi connectivity index (χ1n) is 26.1. The summed E-state index contributed by atoms with van der Waals surface area (Å²) in [7, 11) is 2.50. The van der Waals surface area contributed by atoms with Crippen molar-refractivity contribution >= 4 is 76.7 Å². The first-order valence-corrected chi connectivity index (χ1v) is 29.1. The molecule has 19 heteroatoms. The average molecular weight is 1070 g/mol. The number of nitrogens with one attached hydrogen (secondary N) is 6. The van der Waals surface area contributed by atoms with Crippen LogP contribution in [-0.2, 0) is 35.0 Å². The summed E-state index contributed by atoms with van der Waals surface area (Å²) in [6.45, 7) is 15.4. The van der Waals surface area contributed by atoms with Gasteiger partial charge in [0.05, 0.1) is 36.8 Å². The third kappa shape index (κ3) is 17.2. The molecule has 75 heavy (non-hydrogen) atoms. The Morgan fingerprint density at radius 1 is 0.920 bits per heavy atom. The summed E-state index contributed by atoms with van der Waals surface area (Å²) < 4.78 is 18.7. The van der Waals surface area contributed by atoms with Gasteiger partial charge in [0.25, 0.3) is 0 Å². The third-order valence-electron chi connectivity index (χ3n) is 13.7. The van der Waals surface area contributed by atoms with Crippen LogP contribution in [0.1, 0.15) is 115 Å². The molecular formula is C56H80ClN10O7P. The highest BCUT2D eigenvalue weighted by atomic mass is 35.5. The molecule has 1 aromatic heterocycles. The fourth-order valence-electron chi connectivity index (χ4n) is 9.09. The number of para-hydroxylation sites is 1. The molecule has 1 fully saturated rings. The first-order chi connectivity index (χ1) is 35.5. The van der Waals surface area contributed by atoms with Gasteiger partial charge in [0.2, 0.25) is 35.5 Å². The van der Waals surface area contributed by atoms with Crippen molar-refractivity contribution in [3.63, 3.8) is 0 Å². The number of unbranched alkanes of at least 4 members (excludes halogenated alkanes) is 4. The molecule has 2 heterocycles. The minimum absolute atomic E-state index is 0.0648. The molecule has 3 aromatic carbocycles. The van der Waals surface area contributed by atoms with Crippen molar-refractivity contribution in [3.8, 4) is 5.75 Å². The monoisotopic (exact) mass is 1070 g/mol. The number of likely N-dealkylation sites (tertiary alicyclic amines) is 1. The zero-order chi connectivity index (χ0) is 55.0. The molecule has 408 valence electrons. The highest BCUT2D eigenvalue weighted by Gasteiger charge is 2.45. The predicted octanol–water partition coefficient (Wildman–Crippen LogP) is 8.41. The number of likely N-dealkylation sites (N-methyl/N-ethyl adjacent to an activating group) is 2. The standard InChI is InChI=1S/C56H80ClN10O7P/c1-12-42(38-23-17-16-18-24-38)62-53(71)45-33-40(35-67(45)54(72)50(56(4,5)6)64-52(70)37(3)58-7)60-48(68)27-19-14-13-15-20-28-49(69)66(8)30-29-39-32-46(74-9)44(31-36(39)2)63-55-59-34-41(57)51(65-55)61-43-25-21-22-26-47(43)75(10,11)73/h16-18,21-26,31-32,34,37,40,42,45,50,58H,12-15,19-20,27-30,33,35H2,1-11H3,(H,60,68)(H,62,71)(H,64,70)(H2,59,61,63,65)/t37-,40-,42+,45-,50+/m0/s1. The molecule has 0 saturated carbocycles. The average Bonchev–Trinajstić information content (AvgIpc) is 3.80. The summed E-state index contributed by atoms with van der Waals surface area (Å²) in [5, 5.41) is 19.6. The van der Waals surface area contributed by atoms with Crippen molar-refractivity contribution in [2.75, 3.05) is 58.3 Å². The second-order valence-electron chi connectivity index (χ2n) is 21.0. The Morgan fingerprint density at radius 3 is 2.24 bits per heavy atom. The van der Waals surface area contributed by atoms with E-state index in [2.05, 4.69) is 41.9 Å². The zero-order valence-electron chi connectivity index (χ0n) is 45.8. The summed E-state index contributed by atoms with van der Waals surface area (Å²) in [6, 6.07) is 18.0. The van der Waals surface area contributed by atoms with E-state index < -0.39 is 36.7 Å². The molecule has 0 bridgehead atoms. The van der Waals surface area contributed by atoms with Crippen LogP contribution < -0.4 is 41.9 Å². The van der Waals surface area contributed by atoms with Gasteiger partial charge in [-0.05, 0) is 113 Å². The predicted molar refractivity (Wildman–Crippen MR) is 300 cm³/mol. The van der Waals surface area contributed by atoms with Crippen molar-refractivity contribution in [2.45, 2.75) is 136 Å². The van der Waals surface area contributed by atoms with Gasteiger partial charge >= 0.3 is 0 Å². The van der Waals surface area contributed by atoms with Gasteiger partial charge in [-0.2, -0.15) is 4.98 Å². The molecule has 0 unspecified atom stereocenters. The van der Waals surface area contributed by atoms with Crippen LogP contribution in [0, 0.1) is 12.3 Å². The number of hydrogen-bond acceptors (Lipinski definition) is 12. The van der Waals surface area contributed by atoms with E-state index >= 15 is 0 Å². The summed E-state index contributed by atoms with van der Waals surface area (Å²) in [5.74, 6) is 0.151. The normalized spacial score (nSPS) is 15.8. The Labute approximate surface area is 449 Å². The number of amides is 5. The van der Waals surface area contributed by atoms with Crippen molar-refractivity contribution in [1.82, 2.24) is 41.0 Å². The lowest BCUT2D eigenvalue weighted by Gasteiger charge is -2.36. The molecule has 1 aliphatic rings. The smallest absolute Gasteiger partial charge is 0.246 e. The minimum Gasteiger partial charge on any atom is -0.495 e. The van der Waals surface area contributed by atoms with Gasteiger partial charge < -0.3 is 51.0 Å². The number of benzene rings is 3. The molecule has 6 N–H and O–H groups in total. The molecule has 0 spiro atoms. The summed E-state index contributed by atoms with van der Waals surface area (Å²) in [5.41, 5.74) is 3.63. The second kappa shape index (κ2) is 27.7. The molecule has 5 atom stereocenters. The van der Waals surface area contributed by atoms with E-state index in [4.69, 9.17) is 16.3 Å². The van der Waals surface area contributed by atoms with E-state index in [9.17, 15) is 28.5 Å². The van der Waals surface area contributed by atoms with E-state index in [0.29, 0.717) is 71.9 Å². The highest BCUT2D eigenvalue weighted by molar-refractivity contribution is 7.70. The molecule has 17 nitrogen and oxygen atoms in total.